The molecule has 1 atom stereocenters. The van der Waals surface area contributed by atoms with Gasteiger partial charge in [0.05, 0.1) is 34.3 Å². The van der Waals surface area contributed by atoms with E-state index in [1.54, 1.807) is 36.3 Å². The summed E-state index contributed by atoms with van der Waals surface area (Å²) in [6, 6.07) is 19.9. The molecule has 6 rings (SSSR count). The molecule has 0 N–H and O–H groups in total. The van der Waals surface area contributed by atoms with E-state index in [1.165, 1.54) is 16.9 Å². The number of nitrogens with zero attached hydrogens (tertiary/aromatic N) is 2. The van der Waals surface area contributed by atoms with Crippen LogP contribution in [0.25, 0.3) is 21.2 Å². The number of carbonyl (C=O) groups excluding carboxylic acids is 1. The molecule has 0 bridgehead atoms. The zero-order chi connectivity index (χ0) is 24.3. The van der Waals surface area contributed by atoms with Gasteiger partial charge in [-0.2, -0.15) is 0 Å². The van der Waals surface area contributed by atoms with Crippen LogP contribution in [-0.2, 0) is 0 Å². The van der Waals surface area contributed by atoms with E-state index in [0.29, 0.717) is 33.3 Å². The van der Waals surface area contributed by atoms with Gasteiger partial charge in [0.15, 0.2) is 10.6 Å². The Bertz CT molecular complexity index is 1670. The molecular formula is C28H22N2O4S. The third-order valence-electron chi connectivity index (χ3n) is 6.48. The average molecular weight is 483 g/mol. The van der Waals surface area contributed by atoms with Gasteiger partial charge in [0.2, 0.25) is 5.76 Å². The van der Waals surface area contributed by atoms with Crippen LogP contribution in [0, 0.1) is 0 Å². The first-order valence-electron chi connectivity index (χ1n) is 11.4. The Labute approximate surface area is 205 Å². The minimum absolute atomic E-state index is 0.0663. The summed E-state index contributed by atoms with van der Waals surface area (Å²) in [5, 5.41) is 0.979. The van der Waals surface area contributed by atoms with Crippen LogP contribution in [0.3, 0.4) is 0 Å². The molecule has 2 aromatic heterocycles. The molecular weight excluding hydrogens is 460 g/mol. The molecule has 6 nitrogen and oxygen atoms in total. The standard InChI is InChI=1S/C28H22N2O4S/c1-15(2)17-10-13-20-22(14-17)35-28(29-20)30-24(16-8-11-18(33-3)12-9-16)23-25(31)19-6-4-5-7-21(19)34-26(23)27(30)32/h4-15,24H,1-3H3. The second-order valence-corrected chi connectivity index (χ2v) is 9.91. The maximum absolute atomic E-state index is 13.8. The molecule has 0 spiro atoms. The lowest BCUT2D eigenvalue weighted by atomic mass is 9.98. The Balaban J connectivity index is 1.59. The van der Waals surface area contributed by atoms with Crippen molar-refractivity contribution in [3.8, 4) is 5.75 Å². The highest BCUT2D eigenvalue weighted by molar-refractivity contribution is 7.22. The number of amides is 1. The van der Waals surface area contributed by atoms with Crippen LogP contribution in [0.15, 0.2) is 75.9 Å². The smallest absolute Gasteiger partial charge is 0.297 e. The second kappa shape index (κ2) is 8.06. The van der Waals surface area contributed by atoms with Crippen molar-refractivity contribution in [2.24, 2.45) is 0 Å². The van der Waals surface area contributed by atoms with Crippen LogP contribution in [0.4, 0.5) is 5.13 Å². The van der Waals surface area contributed by atoms with Crippen molar-refractivity contribution in [2.75, 3.05) is 12.0 Å². The first kappa shape index (κ1) is 21.6. The fourth-order valence-electron chi connectivity index (χ4n) is 4.61. The number of carbonyl (C=O) groups is 1. The number of benzene rings is 3. The largest absolute Gasteiger partial charge is 0.497 e. The van der Waals surface area contributed by atoms with E-state index in [0.717, 1.165) is 15.8 Å². The summed E-state index contributed by atoms with van der Waals surface area (Å²) in [7, 11) is 1.60. The van der Waals surface area contributed by atoms with E-state index < -0.39 is 6.04 Å². The number of hydrogen-bond donors (Lipinski definition) is 0. The zero-order valence-electron chi connectivity index (χ0n) is 19.4. The lowest BCUT2D eigenvalue weighted by molar-refractivity contribution is 0.0971. The molecule has 0 saturated heterocycles. The molecule has 0 saturated carbocycles. The van der Waals surface area contributed by atoms with Gasteiger partial charge < -0.3 is 9.15 Å². The van der Waals surface area contributed by atoms with Crippen molar-refractivity contribution >= 4 is 43.6 Å². The lowest BCUT2D eigenvalue weighted by Crippen LogP contribution is -2.29. The summed E-state index contributed by atoms with van der Waals surface area (Å²) in [5.41, 5.74) is 3.32. The number of thiazole rings is 1. The van der Waals surface area contributed by atoms with Gasteiger partial charge in [-0.25, -0.2) is 4.98 Å². The highest BCUT2D eigenvalue weighted by Crippen LogP contribution is 2.44. The van der Waals surface area contributed by atoms with E-state index in [1.807, 2.05) is 30.3 Å². The van der Waals surface area contributed by atoms with Gasteiger partial charge >= 0.3 is 0 Å². The molecule has 7 heteroatoms. The topological polar surface area (TPSA) is 72.6 Å². The highest BCUT2D eigenvalue weighted by Gasteiger charge is 2.45. The number of ether oxygens (including phenoxy) is 1. The molecule has 0 aliphatic carbocycles. The maximum Gasteiger partial charge on any atom is 0.297 e. The van der Waals surface area contributed by atoms with Gasteiger partial charge in [0, 0.05) is 0 Å². The van der Waals surface area contributed by atoms with E-state index in [4.69, 9.17) is 14.1 Å². The monoisotopic (exact) mass is 482 g/mol. The molecule has 174 valence electrons. The summed E-state index contributed by atoms with van der Waals surface area (Å²) < 4.78 is 12.3. The van der Waals surface area contributed by atoms with Crippen LogP contribution < -0.4 is 15.1 Å². The minimum Gasteiger partial charge on any atom is -0.497 e. The number of methoxy groups -OCH3 is 1. The minimum atomic E-state index is -0.658. The number of rotatable bonds is 4. The Morgan fingerprint density at radius 2 is 1.80 bits per heavy atom. The normalized spacial score (nSPS) is 15.4. The molecule has 1 amide bonds. The van der Waals surface area contributed by atoms with Gasteiger partial charge in [0.1, 0.15) is 11.3 Å². The summed E-state index contributed by atoms with van der Waals surface area (Å²) in [6.45, 7) is 4.29. The molecule has 1 unspecified atom stereocenters. The Hall–Kier alpha value is -3.97. The molecule has 0 fully saturated rings. The first-order valence-corrected chi connectivity index (χ1v) is 12.2. The van der Waals surface area contributed by atoms with E-state index in [2.05, 4.69) is 26.0 Å². The Morgan fingerprint density at radius 3 is 2.54 bits per heavy atom. The van der Waals surface area contributed by atoms with E-state index >= 15 is 0 Å². The Morgan fingerprint density at radius 1 is 1.03 bits per heavy atom. The molecule has 35 heavy (non-hydrogen) atoms. The quantitative estimate of drug-likeness (QED) is 0.301. The summed E-state index contributed by atoms with van der Waals surface area (Å²) in [4.78, 5) is 33.8. The highest BCUT2D eigenvalue weighted by atomic mass is 32.1. The summed E-state index contributed by atoms with van der Waals surface area (Å²) >= 11 is 1.44. The molecule has 5 aromatic rings. The molecule has 1 aliphatic heterocycles. The van der Waals surface area contributed by atoms with Crippen molar-refractivity contribution < 1.29 is 13.9 Å². The molecule has 1 aliphatic rings. The summed E-state index contributed by atoms with van der Waals surface area (Å²) in [6.07, 6.45) is 0. The van der Waals surface area contributed by atoms with E-state index in [9.17, 15) is 9.59 Å². The van der Waals surface area contributed by atoms with Crippen molar-refractivity contribution in [3.63, 3.8) is 0 Å². The van der Waals surface area contributed by atoms with Crippen LogP contribution >= 0.6 is 11.3 Å². The van der Waals surface area contributed by atoms with Gasteiger partial charge in [0.25, 0.3) is 5.91 Å². The maximum atomic E-state index is 13.8. The lowest BCUT2D eigenvalue weighted by Gasteiger charge is -2.22. The van der Waals surface area contributed by atoms with Gasteiger partial charge in [-0.15, -0.1) is 0 Å². The summed E-state index contributed by atoms with van der Waals surface area (Å²) in [5.74, 6) is 0.768. The van der Waals surface area contributed by atoms with E-state index in [-0.39, 0.29) is 17.1 Å². The fourth-order valence-corrected chi connectivity index (χ4v) is 5.65. The molecule has 0 radical (unpaired) electrons. The first-order chi connectivity index (χ1) is 17.0. The third kappa shape index (κ3) is 3.34. The number of hydrogen-bond acceptors (Lipinski definition) is 6. The van der Waals surface area contributed by atoms with Gasteiger partial charge in [-0.3, -0.25) is 14.5 Å². The SMILES string of the molecule is COc1ccc(C2c3c(oc4ccccc4c3=O)C(=O)N2c2nc3ccc(C(C)C)cc3s2)cc1. The zero-order valence-corrected chi connectivity index (χ0v) is 20.3. The van der Waals surface area contributed by atoms with Gasteiger partial charge in [-0.1, -0.05) is 55.5 Å². The predicted molar refractivity (Wildman–Crippen MR) is 138 cm³/mol. The predicted octanol–water partition coefficient (Wildman–Crippen LogP) is 6.28. The second-order valence-electron chi connectivity index (χ2n) is 8.90. The number of para-hydroxylation sites is 1. The average Bonchev–Trinajstić information content (AvgIpc) is 3.42. The fraction of sp³-hybridized carbons (Fsp3) is 0.179. The van der Waals surface area contributed by atoms with Crippen molar-refractivity contribution in [1.82, 2.24) is 4.98 Å². The third-order valence-corrected chi connectivity index (χ3v) is 7.50. The van der Waals surface area contributed by atoms with Crippen LogP contribution in [-0.4, -0.2) is 18.0 Å². The number of aromatic nitrogens is 1. The Kier molecular flexibility index (Phi) is 4.96. The van der Waals surface area contributed by atoms with Crippen LogP contribution in [0.1, 0.15) is 53.1 Å². The number of fused-ring (bicyclic) bond motifs is 3. The van der Waals surface area contributed by atoms with Crippen molar-refractivity contribution in [3.05, 3.63) is 99.4 Å². The van der Waals surface area contributed by atoms with Crippen molar-refractivity contribution in [2.45, 2.75) is 25.8 Å². The number of anilines is 1. The van der Waals surface area contributed by atoms with Crippen LogP contribution in [0.5, 0.6) is 5.75 Å². The van der Waals surface area contributed by atoms with Crippen molar-refractivity contribution in [1.29, 1.82) is 0 Å². The molecule has 3 heterocycles. The molecule has 3 aromatic carbocycles. The van der Waals surface area contributed by atoms with Gasteiger partial charge in [-0.05, 0) is 53.4 Å². The van der Waals surface area contributed by atoms with Crippen LogP contribution in [0.2, 0.25) is 0 Å².